The Labute approximate surface area is 143 Å². The van der Waals surface area contributed by atoms with Crippen LogP contribution in [-0.2, 0) is 0 Å². The molecule has 0 unspecified atom stereocenters. The molecule has 1 aliphatic heterocycles. The molecular formula is C18H26N6. The lowest BCUT2D eigenvalue weighted by atomic mass is 10.1. The van der Waals surface area contributed by atoms with Crippen molar-refractivity contribution in [2.45, 2.75) is 27.7 Å². The lowest BCUT2D eigenvalue weighted by molar-refractivity contribution is 0.311. The van der Waals surface area contributed by atoms with E-state index in [1.807, 2.05) is 6.92 Å². The fourth-order valence-corrected chi connectivity index (χ4v) is 3.16. The lowest BCUT2D eigenvalue weighted by Gasteiger charge is -2.32. The highest BCUT2D eigenvalue weighted by molar-refractivity contribution is 5.64. The molecule has 128 valence electrons. The van der Waals surface area contributed by atoms with Crippen LogP contribution in [-0.4, -0.2) is 53.1 Å². The maximum Gasteiger partial charge on any atom is 0.232 e. The minimum Gasteiger partial charge on any atom is -0.338 e. The highest BCUT2D eigenvalue weighted by Crippen LogP contribution is 2.25. The first-order chi connectivity index (χ1) is 11.4. The number of likely N-dealkylation sites (N-methyl/N-ethyl adjacent to an activating group) is 1. The first-order valence-electron chi connectivity index (χ1n) is 8.43. The Hall–Kier alpha value is -2.21. The second-order valence-electron chi connectivity index (χ2n) is 6.70. The minimum absolute atomic E-state index is 0.617. The molecule has 3 rings (SSSR count). The van der Waals surface area contributed by atoms with Crippen molar-refractivity contribution in [2.24, 2.45) is 0 Å². The van der Waals surface area contributed by atoms with Crippen molar-refractivity contribution in [3.8, 4) is 0 Å². The smallest absolute Gasteiger partial charge is 0.232 e. The zero-order valence-corrected chi connectivity index (χ0v) is 15.2. The number of hydrogen-bond acceptors (Lipinski definition) is 6. The zero-order chi connectivity index (χ0) is 17.3. The molecule has 2 aromatic rings. The van der Waals surface area contributed by atoms with Crippen molar-refractivity contribution in [3.05, 3.63) is 34.6 Å². The monoisotopic (exact) mass is 326 g/mol. The van der Waals surface area contributed by atoms with E-state index in [4.69, 9.17) is 0 Å². The lowest BCUT2D eigenvalue weighted by Crippen LogP contribution is -2.45. The predicted octanol–water partition coefficient (Wildman–Crippen LogP) is 2.60. The summed E-state index contributed by atoms with van der Waals surface area (Å²) >= 11 is 0. The topological polar surface area (TPSA) is 57.2 Å². The quantitative estimate of drug-likeness (QED) is 0.936. The van der Waals surface area contributed by atoms with Gasteiger partial charge in [-0.3, -0.25) is 0 Å². The fraction of sp³-hybridized carbons (Fsp3) is 0.500. The molecule has 0 atom stereocenters. The summed E-state index contributed by atoms with van der Waals surface area (Å²) in [5.41, 5.74) is 4.74. The molecule has 0 aliphatic carbocycles. The Bertz CT molecular complexity index is 711. The number of rotatable bonds is 3. The van der Waals surface area contributed by atoms with Gasteiger partial charge in [0.25, 0.3) is 0 Å². The Morgan fingerprint density at radius 1 is 0.875 bits per heavy atom. The van der Waals surface area contributed by atoms with E-state index in [9.17, 15) is 0 Å². The molecule has 0 amide bonds. The third-order valence-electron chi connectivity index (χ3n) is 4.44. The van der Waals surface area contributed by atoms with Gasteiger partial charge in [0.2, 0.25) is 11.9 Å². The SMILES string of the molecule is Cc1cc(C)c(Nc2nc(C)nc(N3CCN(C)CC3)n2)c(C)c1. The molecular weight excluding hydrogens is 300 g/mol. The molecule has 1 aliphatic rings. The average molecular weight is 326 g/mol. The van der Waals surface area contributed by atoms with E-state index in [2.05, 4.69) is 70.0 Å². The van der Waals surface area contributed by atoms with Crippen LogP contribution in [0.15, 0.2) is 12.1 Å². The summed E-state index contributed by atoms with van der Waals surface area (Å²) in [6.45, 7) is 12.2. The standard InChI is InChI=1S/C18H26N6/c1-12-10-13(2)16(14(3)11-12)21-17-19-15(4)20-18(22-17)24-8-6-23(5)7-9-24/h10-11H,6-9H2,1-5H3,(H,19,20,21,22). The maximum atomic E-state index is 4.66. The van der Waals surface area contributed by atoms with Crippen LogP contribution in [0.3, 0.4) is 0 Å². The number of nitrogens with zero attached hydrogens (tertiary/aromatic N) is 5. The molecule has 6 nitrogen and oxygen atoms in total. The highest BCUT2D eigenvalue weighted by Gasteiger charge is 2.18. The van der Waals surface area contributed by atoms with E-state index in [0.717, 1.165) is 43.6 Å². The summed E-state index contributed by atoms with van der Waals surface area (Å²) in [5, 5.41) is 3.40. The van der Waals surface area contributed by atoms with Gasteiger partial charge in [0, 0.05) is 31.9 Å². The van der Waals surface area contributed by atoms with E-state index in [1.54, 1.807) is 0 Å². The van der Waals surface area contributed by atoms with Crippen molar-refractivity contribution in [1.29, 1.82) is 0 Å². The van der Waals surface area contributed by atoms with Gasteiger partial charge in [-0.05, 0) is 45.9 Å². The predicted molar refractivity (Wildman–Crippen MR) is 98.2 cm³/mol. The molecule has 1 fully saturated rings. The number of benzene rings is 1. The second kappa shape index (κ2) is 6.73. The van der Waals surface area contributed by atoms with E-state index in [0.29, 0.717) is 5.95 Å². The van der Waals surface area contributed by atoms with Gasteiger partial charge in [0.05, 0.1) is 0 Å². The molecule has 0 radical (unpaired) electrons. The number of aryl methyl sites for hydroxylation is 4. The summed E-state index contributed by atoms with van der Waals surface area (Å²) in [6, 6.07) is 4.34. The van der Waals surface area contributed by atoms with E-state index < -0.39 is 0 Å². The second-order valence-corrected chi connectivity index (χ2v) is 6.70. The van der Waals surface area contributed by atoms with E-state index in [1.165, 1.54) is 16.7 Å². The van der Waals surface area contributed by atoms with Gasteiger partial charge in [0.15, 0.2) is 0 Å². The van der Waals surface area contributed by atoms with Crippen molar-refractivity contribution in [2.75, 3.05) is 43.4 Å². The Balaban J connectivity index is 1.87. The van der Waals surface area contributed by atoms with Crippen LogP contribution in [0, 0.1) is 27.7 Å². The van der Waals surface area contributed by atoms with Gasteiger partial charge in [-0.15, -0.1) is 0 Å². The first kappa shape index (κ1) is 16.6. The zero-order valence-electron chi connectivity index (χ0n) is 15.2. The Kier molecular flexibility index (Phi) is 4.66. The molecule has 6 heteroatoms. The van der Waals surface area contributed by atoms with Gasteiger partial charge in [0.1, 0.15) is 5.82 Å². The molecule has 1 aromatic carbocycles. The van der Waals surface area contributed by atoms with Crippen molar-refractivity contribution in [1.82, 2.24) is 19.9 Å². The number of anilines is 3. The normalized spacial score (nSPS) is 15.6. The fourth-order valence-electron chi connectivity index (χ4n) is 3.16. The summed E-state index contributed by atoms with van der Waals surface area (Å²) in [5.74, 6) is 2.12. The molecule has 1 N–H and O–H groups in total. The van der Waals surface area contributed by atoms with Crippen LogP contribution in [0.4, 0.5) is 17.6 Å². The maximum absolute atomic E-state index is 4.66. The van der Waals surface area contributed by atoms with Crippen LogP contribution in [0.5, 0.6) is 0 Å². The van der Waals surface area contributed by atoms with E-state index in [-0.39, 0.29) is 0 Å². The van der Waals surface area contributed by atoms with E-state index >= 15 is 0 Å². The third kappa shape index (κ3) is 3.64. The van der Waals surface area contributed by atoms with Crippen LogP contribution in [0.1, 0.15) is 22.5 Å². The number of nitrogens with one attached hydrogen (secondary N) is 1. The summed E-state index contributed by atoms with van der Waals surface area (Å²) in [4.78, 5) is 18.2. The third-order valence-corrected chi connectivity index (χ3v) is 4.44. The molecule has 0 saturated carbocycles. The van der Waals surface area contributed by atoms with Crippen LogP contribution >= 0.6 is 0 Å². The first-order valence-corrected chi connectivity index (χ1v) is 8.43. The molecule has 1 saturated heterocycles. The van der Waals surface area contributed by atoms with Crippen molar-refractivity contribution in [3.63, 3.8) is 0 Å². The average Bonchev–Trinajstić information content (AvgIpc) is 2.51. The van der Waals surface area contributed by atoms with Gasteiger partial charge < -0.3 is 15.1 Å². The number of piperazine rings is 1. The van der Waals surface area contributed by atoms with Crippen LogP contribution in [0.25, 0.3) is 0 Å². The van der Waals surface area contributed by atoms with Crippen LogP contribution < -0.4 is 10.2 Å². The number of hydrogen-bond donors (Lipinski definition) is 1. The highest BCUT2D eigenvalue weighted by atomic mass is 15.3. The largest absolute Gasteiger partial charge is 0.338 e. The van der Waals surface area contributed by atoms with Gasteiger partial charge in [-0.25, -0.2) is 0 Å². The van der Waals surface area contributed by atoms with Gasteiger partial charge in [-0.2, -0.15) is 15.0 Å². The molecule has 2 heterocycles. The number of aromatic nitrogens is 3. The Morgan fingerprint density at radius 3 is 2.12 bits per heavy atom. The minimum atomic E-state index is 0.617. The molecule has 0 bridgehead atoms. The summed E-state index contributed by atoms with van der Waals surface area (Å²) in [6.07, 6.45) is 0. The molecule has 1 aromatic heterocycles. The summed E-state index contributed by atoms with van der Waals surface area (Å²) < 4.78 is 0. The molecule has 0 spiro atoms. The summed E-state index contributed by atoms with van der Waals surface area (Å²) in [7, 11) is 2.14. The van der Waals surface area contributed by atoms with Gasteiger partial charge in [-0.1, -0.05) is 17.7 Å². The van der Waals surface area contributed by atoms with Crippen molar-refractivity contribution >= 4 is 17.6 Å². The molecule has 24 heavy (non-hydrogen) atoms. The Morgan fingerprint density at radius 2 is 1.50 bits per heavy atom. The van der Waals surface area contributed by atoms with Crippen molar-refractivity contribution < 1.29 is 0 Å². The van der Waals surface area contributed by atoms with Gasteiger partial charge >= 0.3 is 0 Å². The van der Waals surface area contributed by atoms with Crippen LogP contribution in [0.2, 0.25) is 0 Å².